The molecule has 0 radical (unpaired) electrons. The van der Waals surface area contributed by atoms with Gasteiger partial charge in [-0.05, 0) is 12.1 Å². The van der Waals surface area contributed by atoms with Crippen molar-refractivity contribution in [3.8, 4) is 5.75 Å². The zero-order chi connectivity index (χ0) is 17.0. The van der Waals surface area contributed by atoms with Crippen molar-refractivity contribution in [3.63, 3.8) is 0 Å². The van der Waals surface area contributed by atoms with Crippen LogP contribution in [0.25, 0.3) is 0 Å². The number of ether oxygens (including phenoxy) is 2. The Kier molecular flexibility index (Phi) is 4.85. The largest absolute Gasteiger partial charge is 0.506 e. The highest BCUT2D eigenvalue weighted by Crippen LogP contribution is 2.33. The molecule has 8 nitrogen and oxygen atoms in total. The number of carbonyl (C=O) groups is 2. The van der Waals surface area contributed by atoms with E-state index >= 15 is 0 Å². The first kappa shape index (κ1) is 16.3. The first-order valence-electron chi connectivity index (χ1n) is 6.62. The van der Waals surface area contributed by atoms with Crippen LogP contribution >= 0.6 is 0 Å². The van der Waals surface area contributed by atoms with E-state index in [-0.39, 0.29) is 23.3 Å². The molecule has 8 heteroatoms. The van der Waals surface area contributed by atoms with E-state index < -0.39 is 29.2 Å². The molecule has 2 N–H and O–H groups in total. The predicted molar refractivity (Wildman–Crippen MR) is 77.3 cm³/mol. The van der Waals surface area contributed by atoms with Crippen molar-refractivity contribution in [2.45, 2.75) is 12.3 Å². The predicted octanol–water partition coefficient (Wildman–Crippen LogP) is 1.16. The third-order valence-electron chi connectivity index (χ3n) is 3.34. The molecule has 0 amide bonds. The number of hydrogen-bond acceptors (Lipinski definition) is 7. The third kappa shape index (κ3) is 3.25. The summed E-state index contributed by atoms with van der Waals surface area (Å²) in [5.41, 5.74) is -1.04. The summed E-state index contributed by atoms with van der Waals surface area (Å²) in [7, 11) is 2.35. The summed E-state index contributed by atoms with van der Waals surface area (Å²) in [6.07, 6.45) is 2.17. The molecule has 0 saturated carbocycles. The summed E-state index contributed by atoms with van der Waals surface area (Å²) in [5, 5.41) is 10.3. The number of aromatic amines is 1. The van der Waals surface area contributed by atoms with Crippen molar-refractivity contribution in [2.24, 2.45) is 0 Å². The number of furan rings is 1. The van der Waals surface area contributed by atoms with Crippen LogP contribution in [-0.2, 0) is 14.3 Å². The van der Waals surface area contributed by atoms with Crippen molar-refractivity contribution in [1.29, 1.82) is 0 Å². The number of pyridine rings is 1. The fourth-order valence-electron chi connectivity index (χ4n) is 2.21. The Morgan fingerprint density at radius 2 is 2.09 bits per heavy atom. The summed E-state index contributed by atoms with van der Waals surface area (Å²) in [4.78, 5) is 37.8. The lowest BCUT2D eigenvalue weighted by Gasteiger charge is -2.15. The maximum atomic E-state index is 12.1. The van der Waals surface area contributed by atoms with Gasteiger partial charge in [-0.25, -0.2) is 4.79 Å². The Labute approximate surface area is 130 Å². The van der Waals surface area contributed by atoms with Crippen molar-refractivity contribution < 1.29 is 28.6 Å². The third-order valence-corrected chi connectivity index (χ3v) is 3.34. The molecule has 0 aliphatic rings. The van der Waals surface area contributed by atoms with E-state index in [0.717, 1.165) is 13.3 Å². The molecule has 0 fully saturated rings. The topological polar surface area (TPSA) is 119 Å². The average molecular weight is 321 g/mol. The van der Waals surface area contributed by atoms with Crippen molar-refractivity contribution in [3.05, 3.63) is 51.8 Å². The lowest BCUT2D eigenvalue weighted by atomic mass is 9.92. The van der Waals surface area contributed by atoms with E-state index in [0.29, 0.717) is 0 Å². The van der Waals surface area contributed by atoms with Gasteiger partial charge in [0.2, 0.25) is 0 Å². The fraction of sp³-hybridized carbons (Fsp3) is 0.267. The van der Waals surface area contributed by atoms with Gasteiger partial charge in [0.1, 0.15) is 17.1 Å². The molecule has 1 atom stereocenters. The Hall–Kier alpha value is -3.03. The zero-order valence-corrected chi connectivity index (χ0v) is 12.5. The van der Waals surface area contributed by atoms with Crippen LogP contribution < -0.4 is 5.56 Å². The smallest absolute Gasteiger partial charge is 0.343 e. The van der Waals surface area contributed by atoms with Crippen LogP contribution in [0.3, 0.4) is 0 Å². The van der Waals surface area contributed by atoms with Gasteiger partial charge in [-0.3, -0.25) is 9.59 Å². The van der Waals surface area contributed by atoms with Crippen LogP contribution in [-0.4, -0.2) is 36.2 Å². The minimum absolute atomic E-state index is 0.173. The highest BCUT2D eigenvalue weighted by Gasteiger charge is 2.29. The van der Waals surface area contributed by atoms with Crippen molar-refractivity contribution in [1.82, 2.24) is 4.98 Å². The van der Waals surface area contributed by atoms with E-state index in [1.54, 1.807) is 12.1 Å². The second-order valence-electron chi connectivity index (χ2n) is 4.63. The summed E-state index contributed by atoms with van der Waals surface area (Å²) in [6, 6.07) is 3.13. The molecule has 23 heavy (non-hydrogen) atoms. The maximum absolute atomic E-state index is 12.1. The Bertz CT molecular complexity index is 761. The summed E-state index contributed by atoms with van der Waals surface area (Å²) >= 11 is 0. The normalized spacial score (nSPS) is 11.7. The molecule has 0 aliphatic carbocycles. The molecule has 2 heterocycles. The molecule has 122 valence electrons. The van der Waals surface area contributed by atoms with Crippen LogP contribution in [0.2, 0.25) is 0 Å². The number of rotatable bonds is 5. The molecule has 2 aromatic heterocycles. The number of methoxy groups -OCH3 is 2. The van der Waals surface area contributed by atoms with Gasteiger partial charge in [0, 0.05) is 6.20 Å². The van der Waals surface area contributed by atoms with Crippen LogP contribution in [0.15, 0.2) is 33.8 Å². The molecule has 2 rings (SSSR count). The fourth-order valence-corrected chi connectivity index (χ4v) is 2.21. The lowest BCUT2D eigenvalue weighted by molar-refractivity contribution is -0.140. The Balaban J connectivity index is 2.60. The van der Waals surface area contributed by atoms with Crippen LogP contribution in [0.1, 0.15) is 34.0 Å². The van der Waals surface area contributed by atoms with Crippen LogP contribution in [0.5, 0.6) is 5.75 Å². The summed E-state index contributed by atoms with van der Waals surface area (Å²) in [6.45, 7) is 0. The number of aromatic nitrogens is 1. The molecule has 0 bridgehead atoms. The lowest BCUT2D eigenvalue weighted by Crippen LogP contribution is -2.21. The van der Waals surface area contributed by atoms with Crippen LogP contribution in [0, 0.1) is 0 Å². The molecule has 0 saturated heterocycles. The van der Waals surface area contributed by atoms with Gasteiger partial charge in [0.15, 0.2) is 0 Å². The van der Waals surface area contributed by atoms with E-state index in [2.05, 4.69) is 14.5 Å². The zero-order valence-electron chi connectivity index (χ0n) is 12.5. The van der Waals surface area contributed by atoms with E-state index in [9.17, 15) is 19.5 Å². The van der Waals surface area contributed by atoms with Crippen LogP contribution in [0.4, 0.5) is 0 Å². The molecule has 0 aliphatic heterocycles. The first-order valence-corrected chi connectivity index (χ1v) is 6.62. The number of aromatic hydroxyl groups is 1. The summed E-state index contributed by atoms with van der Waals surface area (Å²) in [5.74, 6) is -2.63. The number of H-pyrrole nitrogens is 1. The number of nitrogens with one attached hydrogen (secondary N) is 1. The molecule has 2 aromatic rings. The second kappa shape index (κ2) is 6.82. The van der Waals surface area contributed by atoms with Gasteiger partial charge in [0.05, 0.1) is 38.4 Å². The SMILES string of the molecule is COC(=O)C[C@H](c1ccco1)c1c(O)c(C(=O)OC)c[nH]c1=O. The van der Waals surface area contributed by atoms with Gasteiger partial charge in [-0.15, -0.1) is 0 Å². The maximum Gasteiger partial charge on any atom is 0.343 e. The monoisotopic (exact) mass is 321 g/mol. The van der Waals surface area contributed by atoms with Gasteiger partial charge in [-0.1, -0.05) is 0 Å². The summed E-state index contributed by atoms with van der Waals surface area (Å²) < 4.78 is 14.4. The molecule has 0 aromatic carbocycles. The van der Waals surface area contributed by atoms with Gasteiger partial charge in [-0.2, -0.15) is 0 Å². The van der Waals surface area contributed by atoms with E-state index in [1.165, 1.54) is 13.4 Å². The standard InChI is InChI=1S/C15H15NO7/c1-21-11(17)6-8(10-4-3-5-23-10)12-13(18)9(15(20)22-2)7-16-14(12)19/h3-5,7-8H,6H2,1-2H3,(H2,16,18,19)/t8-/m1/s1. The minimum atomic E-state index is -0.911. The highest BCUT2D eigenvalue weighted by molar-refractivity contribution is 5.92. The molecule has 0 unspecified atom stereocenters. The number of carbonyl (C=O) groups excluding carboxylic acids is 2. The first-order chi connectivity index (χ1) is 11.0. The van der Waals surface area contributed by atoms with Crippen molar-refractivity contribution in [2.75, 3.05) is 14.2 Å². The Morgan fingerprint density at radius 3 is 2.65 bits per heavy atom. The van der Waals surface area contributed by atoms with Gasteiger partial charge >= 0.3 is 11.9 Å². The van der Waals surface area contributed by atoms with Gasteiger partial charge in [0.25, 0.3) is 5.56 Å². The quantitative estimate of drug-likeness (QED) is 0.793. The average Bonchev–Trinajstić information content (AvgIpc) is 3.07. The van der Waals surface area contributed by atoms with E-state index in [4.69, 9.17) is 4.42 Å². The Morgan fingerprint density at radius 1 is 1.35 bits per heavy atom. The highest BCUT2D eigenvalue weighted by atomic mass is 16.5. The second-order valence-corrected chi connectivity index (χ2v) is 4.63. The molecular formula is C15H15NO7. The molecular weight excluding hydrogens is 306 g/mol. The van der Waals surface area contributed by atoms with Gasteiger partial charge < -0.3 is 24.0 Å². The van der Waals surface area contributed by atoms with Crippen molar-refractivity contribution >= 4 is 11.9 Å². The number of hydrogen-bond donors (Lipinski definition) is 2. The van der Waals surface area contributed by atoms with E-state index in [1.807, 2.05) is 0 Å². The molecule has 0 spiro atoms. The minimum Gasteiger partial charge on any atom is -0.506 e. The number of esters is 2.